The van der Waals surface area contributed by atoms with Gasteiger partial charge in [0.2, 0.25) is 0 Å². The van der Waals surface area contributed by atoms with E-state index in [-0.39, 0.29) is 5.41 Å². The van der Waals surface area contributed by atoms with Gasteiger partial charge in [-0.1, -0.05) is 158 Å². The third-order valence-corrected chi connectivity index (χ3v) is 16.4. The minimum absolute atomic E-state index is 0.124. The molecule has 9 aromatic carbocycles. The zero-order chi connectivity index (χ0) is 44.8. The number of thiophene rings is 1. The number of fused-ring (bicyclic) bond motifs is 15. The van der Waals surface area contributed by atoms with Crippen LogP contribution in [0.25, 0.3) is 72.0 Å². The molecule has 0 amide bonds. The topological polar surface area (TPSA) is 8.17 Å². The largest absolute Gasteiger partial charge is 0.310 e. The van der Waals surface area contributed by atoms with Crippen LogP contribution in [0.4, 0.5) is 17.1 Å². The van der Waals surface area contributed by atoms with E-state index in [1.165, 1.54) is 116 Å². The fourth-order valence-corrected chi connectivity index (χ4v) is 13.6. The monoisotopic (exact) mass is 874 g/mol. The van der Waals surface area contributed by atoms with Crippen LogP contribution in [0.5, 0.6) is 0 Å². The predicted octanol–water partition coefficient (Wildman–Crippen LogP) is 17.2. The summed E-state index contributed by atoms with van der Waals surface area (Å²) in [5.74, 6) is 0. The minimum atomic E-state index is -0.464. The van der Waals surface area contributed by atoms with Gasteiger partial charge in [0.15, 0.2) is 0 Å². The maximum absolute atomic E-state index is 2.57. The molecule has 0 N–H and O–H groups in total. The molecule has 318 valence electrons. The van der Waals surface area contributed by atoms with Crippen molar-refractivity contribution in [2.45, 2.75) is 38.5 Å². The Morgan fingerprint density at radius 3 is 1.93 bits per heavy atom. The molecule has 1 spiro atoms. The van der Waals surface area contributed by atoms with Gasteiger partial charge >= 0.3 is 0 Å². The highest BCUT2D eigenvalue weighted by atomic mass is 32.1. The summed E-state index contributed by atoms with van der Waals surface area (Å²) in [6, 6.07) is 75.7. The first-order chi connectivity index (χ1) is 32.8. The van der Waals surface area contributed by atoms with Gasteiger partial charge in [-0.15, -0.1) is 11.3 Å². The lowest BCUT2D eigenvalue weighted by molar-refractivity contribution is 0.660. The highest BCUT2D eigenvalue weighted by Crippen LogP contribution is 2.63. The summed E-state index contributed by atoms with van der Waals surface area (Å²) in [5.41, 5.74) is 26.2. The Labute approximate surface area is 395 Å². The lowest BCUT2D eigenvalue weighted by Crippen LogP contribution is -2.33. The second-order valence-corrected chi connectivity index (χ2v) is 20.3. The fourth-order valence-electron chi connectivity index (χ4n) is 12.4. The zero-order valence-electron chi connectivity index (χ0n) is 37.9. The smallest absolute Gasteiger partial charge is 0.0847 e. The van der Waals surface area contributed by atoms with Crippen molar-refractivity contribution in [2.24, 2.45) is 0 Å². The van der Waals surface area contributed by atoms with Crippen LogP contribution in [-0.2, 0) is 10.8 Å². The highest BCUT2D eigenvalue weighted by Gasteiger charge is 2.52. The Hall–Kier alpha value is -7.72. The first-order valence-electron chi connectivity index (χ1n) is 23.5. The number of hydrogen-bond donors (Lipinski definition) is 0. The summed E-state index contributed by atoms with van der Waals surface area (Å²) in [4.78, 5) is 3.88. The number of rotatable bonds is 5. The first-order valence-corrected chi connectivity index (χ1v) is 24.4. The molecule has 1 unspecified atom stereocenters. The normalized spacial score (nSPS) is 15.6. The number of aryl methyl sites for hydroxylation is 2. The van der Waals surface area contributed by atoms with Crippen LogP contribution in [0.1, 0.15) is 57.7 Å². The van der Waals surface area contributed by atoms with E-state index in [9.17, 15) is 0 Å². The van der Waals surface area contributed by atoms with E-state index in [1.807, 2.05) is 11.3 Å². The summed E-state index contributed by atoms with van der Waals surface area (Å²) in [7, 11) is 0. The molecule has 3 heterocycles. The maximum Gasteiger partial charge on any atom is 0.0847 e. The molecule has 1 aliphatic heterocycles. The molecule has 0 bridgehead atoms. The van der Waals surface area contributed by atoms with Crippen molar-refractivity contribution in [3.05, 3.63) is 249 Å². The van der Waals surface area contributed by atoms with Crippen molar-refractivity contribution in [1.82, 2.24) is 4.57 Å². The van der Waals surface area contributed by atoms with Crippen LogP contribution in [0.15, 0.2) is 206 Å². The quantitative estimate of drug-likeness (QED) is 0.167. The number of benzene rings is 9. The number of nitrogens with zero attached hydrogens (tertiary/aromatic N) is 2. The van der Waals surface area contributed by atoms with Crippen LogP contribution >= 0.6 is 11.3 Å². The summed E-state index contributed by atoms with van der Waals surface area (Å²) < 4.78 is 2.57. The van der Waals surface area contributed by atoms with Crippen LogP contribution in [0, 0.1) is 13.8 Å². The Morgan fingerprint density at radius 1 is 0.433 bits per heavy atom. The summed E-state index contributed by atoms with van der Waals surface area (Å²) in [6.07, 6.45) is 0. The summed E-state index contributed by atoms with van der Waals surface area (Å²) in [6.45, 7) is 9.22. The Morgan fingerprint density at radius 2 is 1.10 bits per heavy atom. The second-order valence-electron chi connectivity index (χ2n) is 19.4. The average Bonchev–Trinajstić information content (AvgIpc) is 4.10. The number of anilines is 3. The molecule has 67 heavy (non-hydrogen) atoms. The molecule has 0 saturated carbocycles. The molecule has 3 aliphatic rings. The maximum atomic E-state index is 2.57. The molecule has 2 aliphatic carbocycles. The van der Waals surface area contributed by atoms with E-state index in [1.54, 1.807) is 0 Å². The molecular formula is C64H46N2S. The van der Waals surface area contributed by atoms with Crippen molar-refractivity contribution in [3.63, 3.8) is 0 Å². The van der Waals surface area contributed by atoms with Crippen molar-refractivity contribution < 1.29 is 0 Å². The van der Waals surface area contributed by atoms with Crippen molar-refractivity contribution in [1.29, 1.82) is 0 Å². The molecule has 0 saturated heterocycles. The van der Waals surface area contributed by atoms with Crippen molar-refractivity contribution >= 4 is 50.2 Å². The van der Waals surface area contributed by atoms with E-state index in [0.717, 1.165) is 17.1 Å². The van der Waals surface area contributed by atoms with Crippen LogP contribution in [0.2, 0.25) is 0 Å². The van der Waals surface area contributed by atoms with Gasteiger partial charge in [-0.2, -0.15) is 0 Å². The first kappa shape index (κ1) is 38.5. The van der Waals surface area contributed by atoms with Gasteiger partial charge in [0, 0.05) is 38.0 Å². The Kier molecular flexibility index (Phi) is 8.00. The zero-order valence-corrected chi connectivity index (χ0v) is 38.7. The van der Waals surface area contributed by atoms with E-state index in [0.29, 0.717) is 0 Å². The minimum Gasteiger partial charge on any atom is -0.310 e. The van der Waals surface area contributed by atoms with Crippen molar-refractivity contribution in [3.8, 4) is 50.2 Å². The van der Waals surface area contributed by atoms with Gasteiger partial charge in [-0.3, -0.25) is 0 Å². The third kappa shape index (κ3) is 5.21. The standard InChI is InChI=1S/C64H46N2S/c1-39-22-30-59-51(34-39)52-35-40(2)36-57-61(52)66(59)60-31-25-43(37-56(60)64(57)54-20-12-9-18-48(54)50-32-33-67-62(50)64)41-23-26-44(27-24-41)65(58-21-13-10-16-46(58)42-14-6-5-7-15-42)45-28-29-49-47-17-8-11-19-53(47)63(3,4)55(49)38-45/h5-38H,1-4H3. The molecule has 3 heteroatoms. The van der Waals surface area contributed by atoms with Gasteiger partial charge in [-0.05, 0) is 153 Å². The number of hydrogen-bond acceptors (Lipinski definition) is 2. The molecule has 2 aromatic heterocycles. The molecule has 14 rings (SSSR count). The van der Waals surface area contributed by atoms with Gasteiger partial charge in [0.1, 0.15) is 0 Å². The third-order valence-electron chi connectivity index (χ3n) is 15.3. The predicted molar refractivity (Wildman–Crippen MR) is 282 cm³/mol. The average molecular weight is 875 g/mol. The molecule has 1 atom stereocenters. The number of para-hydroxylation sites is 1. The van der Waals surface area contributed by atoms with Crippen LogP contribution in [-0.4, -0.2) is 4.57 Å². The molecule has 11 aromatic rings. The Balaban J connectivity index is 0.969. The van der Waals surface area contributed by atoms with E-state index < -0.39 is 5.41 Å². The summed E-state index contributed by atoms with van der Waals surface area (Å²) in [5, 5.41) is 4.94. The van der Waals surface area contributed by atoms with Gasteiger partial charge < -0.3 is 9.47 Å². The molecule has 0 fully saturated rings. The SMILES string of the molecule is Cc1ccc2c(c1)c1cc(C)cc3c1n2-c1ccc(-c2ccc(N(c4ccc5c(c4)C(C)(C)c4ccccc4-5)c4ccccc4-c4ccccc4)cc2)cc1C31c2ccccc2-c2ccsc21. The molecule has 0 radical (unpaired) electrons. The second kappa shape index (κ2) is 13.9. The fraction of sp³-hybridized carbons (Fsp3) is 0.0938. The Bertz CT molecular complexity index is 3860. The van der Waals surface area contributed by atoms with Gasteiger partial charge in [0.25, 0.3) is 0 Å². The summed E-state index contributed by atoms with van der Waals surface area (Å²) >= 11 is 1.90. The number of aromatic nitrogens is 1. The lowest BCUT2D eigenvalue weighted by Gasteiger charge is -2.39. The van der Waals surface area contributed by atoms with Crippen LogP contribution in [0.3, 0.4) is 0 Å². The van der Waals surface area contributed by atoms with Crippen molar-refractivity contribution in [2.75, 3.05) is 4.90 Å². The van der Waals surface area contributed by atoms with E-state index in [4.69, 9.17) is 0 Å². The van der Waals surface area contributed by atoms with Gasteiger partial charge in [0.05, 0.1) is 27.8 Å². The highest BCUT2D eigenvalue weighted by molar-refractivity contribution is 7.11. The lowest BCUT2D eigenvalue weighted by atomic mass is 9.67. The van der Waals surface area contributed by atoms with Crippen LogP contribution < -0.4 is 4.90 Å². The van der Waals surface area contributed by atoms with Gasteiger partial charge in [-0.25, -0.2) is 0 Å². The molecule has 2 nitrogen and oxygen atoms in total. The molecular weight excluding hydrogens is 829 g/mol. The van der Waals surface area contributed by atoms with E-state index in [2.05, 4.69) is 243 Å². The van der Waals surface area contributed by atoms with E-state index >= 15 is 0 Å².